The van der Waals surface area contributed by atoms with Gasteiger partial charge in [-0.2, -0.15) is 0 Å². The van der Waals surface area contributed by atoms with Gasteiger partial charge in [0.05, 0.1) is 32.3 Å². The third-order valence-corrected chi connectivity index (χ3v) is 9.31. The van der Waals surface area contributed by atoms with Crippen LogP contribution in [0.2, 0.25) is 0 Å². The number of thiophene rings is 1. The van der Waals surface area contributed by atoms with E-state index in [2.05, 4.69) is 24.5 Å². The average molecular weight is 579 g/mol. The summed E-state index contributed by atoms with van der Waals surface area (Å²) in [5.41, 5.74) is 4.35. The molecular weight excluding hydrogens is 540 g/mol. The van der Waals surface area contributed by atoms with Gasteiger partial charge in [0.25, 0.3) is 5.91 Å². The van der Waals surface area contributed by atoms with E-state index in [1.54, 1.807) is 27.2 Å². The molecule has 0 saturated heterocycles. The number of hydrogen-bond donors (Lipinski definition) is 2. The Morgan fingerprint density at radius 2 is 1.88 bits per heavy atom. The number of allylic oxidation sites excluding steroid dienone is 3. The van der Waals surface area contributed by atoms with Crippen LogP contribution in [0.5, 0.6) is 11.5 Å². The van der Waals surface area contributed by atoms with E-state index < -0.39 is 11.9 Å². The lowest BCUT2D eigenvalue weighted by molar-refractivity contribution is -0.118. The van der Waals surface area contributed by atoms with E-state index in [-0.39, 0.29) is 23.7 Å². The number of methoxy groups -OCH3 is 2. The van der Waals surface area contributed by atoms with E-state index in [1.807, 2.05) is 19.1 Å². The van der Waals surface area contributed by atoms with E-state index in [0.717, 1.165) is 41.8 Å². The lowest BCUT2D eigenvalue weighted by Crippen LogP contribution is -2.39. The predicted molar refractivity (Wildman–Crippen MR) is 159 cm³/mol. The van der Waals surface area contributed by atoms with Crippen LogP contribution in [0.1, 0.15) is 85.7 Å². The quantitative estimate of drug-likeness (QED) is 0.385. The zero-order valence-corrected chi connectivity index (χ0v) is 25.4. The maximum atomic E-state index is 14.3. The summed E-state index contributed by atoms with van der Waals surface area (Å²) in [6.07, 6.45) is 4.73. The number of benzene rings is 1. The summed E-state index contributed by atoms with van der Waals surface area (Å²) >= 11 is 1.44. The molecule has 8 nitrogen and oxygen atoms in total. The first kappa shape index (κ1) is 28.9. The van der Waals surface area contributed by atoms with Crippen molar-refractivity contribution in [3.05, 3.63) is 62.3 Å². The second kappa shape index (κ2) is 11.4. The fourth-order valence-electron chi connectivity index (χ4n) is 6.43. The molecule has 218 valence electrons. The number of ether oxygens (including phenoxy) is 3. The number of fused-ring (bicyclic) bond motifs is 1. The summed E-state index contributed by atoms with van der Waals surface area (Å²) in [6, 6.07) is 5.51. The molecule has 1 aliphatic heterocycles. The molecule has 2 N–H and O–H groups in total. The van der Waals surface area contributed by atoms with Crippen LogP contribution in [-0.2, 0) is 27.2 Å². The van der Waals surface area contributed by atoms with Crippen LogP contribution >= 0.6 is 11.3 Å². The summed E-state index contributed by atoms with van der Waals surface area (Å²) in [5.74, 6) is -0.491. The van der Waals surface area contributed by atoms with Crippen molar-refractivity contribution in [3.8, 4) is 11.5 Å². The van der Waals surface area contributed by atoms with Gasteiger partial charge < -0.3 is 24.8 Å². The van der Waals surface area contributed by atoms with Gasteiger partial charge in [0, 0.05) is 39.4 Å². The molecule has 0 saturated carbocycles. The number of rotatable bonds is 7. The highest BCUT2D eigenvalue weighted by molar-refractivity contribution is 7.17. The second-order valence-corrected chi connectivity index (χ2v) is 12.7. The number of hydrogen-bond acceptors (Lipinski definition) is 8. The molecule has 2 aromatic rings. The summed E-state index contributed by atoms with van der Waals surface area (Å²) in [6.45, 7) is 8.04. The van der Waals surface area contributed by atoms with Crippen molar-refractivity contribution in [1.82, 2.24) is 5.32 Å². The number of para-hydroxylation sites is 1. The van der Waals surface area contributed by atoms with Gasteiger partial charge in [-0.1, -0.05) is 26.0 Å². The zero-order valence-electron chi connectivity index (χ0n) is 24.6. The first-order valence-electron chi connectivity index (χ1n) is 14.2. The van der Waals surface area contributed by atoms with Crippen LogP contribution in [-0.4, -0.2) is 38.5 Å². The summed E-state index contributed by atoms with van der Waals surface area (Å²) in [5, 5.41) is 6.98. The van der Waals surface area contributed by atoms with E-state index in [0.29, 0.717) is 57.3 Å². The fourth-order valence-corrected chi connectivity index (χ4v) is 7.70. The minimum atomic E-state index is -0.680. The molecular formula is C32H38N2O6S. The topological polar surface area (TPSA) is 103 Å². The molecule has 9 heteroatoms. The molecule has 2 aliphatic carbocycles. The highest BCUT2D eigenvalue weighted by atomic mass is 32.1. The maximum absolute atomic E-state index is 14.3. The second-order valence-electron chi connectivity index (χ2n) is 11.6. The lowest BCUT2D eigenvalue weighted by atomic mass is 9.68. The van der Waals surface area contributed by atoms with Gasteiger partial charge in [0.15, 0.2) is 17.3 Å². The van der Waals surface area contributed by atoms with E-state index in [4.69, 9.17) is 14.2 Å². The molecule has 0 fully saturated rings. The monoisotopic (exact) mass is 578 g/mol. The largest absolute Gasteiger partial charge is 0.493 e. The smallest absolute Gasteiger partial charge is 0.341 e. The van der Waals surface area contributed by atoms with Crippen LogP contribution in [0.25, 0.3) is 0 Å². The summed E-state index contributed by atoms with van der Waals surface area (Å²) in [7, 11) is 3.12. The Kier molecular flexibility index (Phi) is 8.01. The normalized spacial score (nSPS) is 19.7. The van der Waals surface area contributed by atoms with Gasteiger partial charge in [-0.05, 0) is 63.0 Å². The molecule has 0 radical (unpaired) electrons. The summed E-state index contributed by atoms with van der Waals surface area (Å²) in [4.78, 5) is 42.3. The van der Waals surface area contributed by atoms with Crippen molar-refractivity contribution >= 4 is 34.0 Å². The minimum Gasteiger partial charge on any atom is -0.493 e. The number of ketones is 1. The number of amides is 1. The maximum Gasteiger partial charge on any atom is 0.341 e. The van der Waals surface area contributed by atoms with Crippen molar-refractivity contribution in [2.75, 3.05) is 26.1 Å². The SMILES string of the molecule is CCOC(=O)c1c(NC(=O)C2=C(C)NC3=C(C(=O)CC(C)(C)C3)C2c2cccc(OC)c2OC)sc2c1CCCC2. The van der Waals surface area contributed by atoms with E-state index in [1.165, 1.54) is 11.3 Å². The third kappa shape index (κ3) is 5.27. The molecule has 1 amide bonds. The fraction of sp³-hybridized carbons (Fsp3) is 0.469. The van der Waals surface area contributed by atoms with Crippen LogP contribution in [0.4, 0.5) is 5.00 Å². The molecule has 0 bridgehead atoms. The van der Waals surface area contributed by atoms with Gasteiger partial charge >= 0.3 is 5.97 Å². The van der Waals surface area contributed by atoms with Crippen molar-refractivity contribution in [2.24, 2.45) is 5.41 Å². The summed E-state index contributed by atoms with van der Waals surface area (Å²) < 4.78 is 16.8. The number of aryl methyl sites for hydroxylation is 1. The Morgan fingerprint density at radius 3 is 2.59 bits per heavy atom. The molecule has 3 aliphatic rings. The van der Waals surface area contributed by atoms with Crippen LogP contribution in [0.3, 0.4) is 0 Å². The first-order valence-corrected chi connectivity index (χ1v) is 15.0. The number of carbonyl (C=O) groups is 3. The minimum absolute atomic E-state index is 0.00442. The third-order valence-electron chi connectivity index (χ3n) is 8.11. The van der Waals surface area contributed by atoms with Gasteiger partial charge in [-0.3, -0.25) is 9.59 Å². The number of carbonyl (C=O) groups excluding carboxylic acids is 3. The average Bonchev–Trinajstić information content (AvgIpc) is 3.28. The lowest BCUT2D eigenvalue weighted by Gasteiger charge is -2.40. The number of esters is 1. The number of anilines is 1. The molecule has 1 aromatic heterocycles. The molecule has 0 spiro atoms. The highest BCUT2D eigenvalue weighted by Crippen LogP contribution is 2.50. The molecule has 5 rings (SSSR count). The standard InChI is InChI=1S/C32H38N2O6S/c1-7-40-31(37)26-18-11-8-9-14-23(18)41-30(26)34-29(36)24-17(2)33-20-15-32(3,4)16-21(35)27(20)25(24)19-12-10-13-22(38-5)28(19)39-6/h10,12-13,25,33H,7-9,11,14-16H2,1-6H3,(H,34,36). The van der Waals surface area contributed by atoms with Gasteiger partial charge in [0.1, 0.15) is 5.00 Å². The predicted octanol–water partition coefficient (Wildman–Crippen LogP) is 6.06. The van der Waals surface area contributed by atoms with Crippen molar-refractivity contribution < 1.29 is 28.6 Å². The first-order chi connectivity index (χ1) is 19.6. The molecule has 1 unspecified atom stereocenters. The van der Waals surface area contributed by atoms with Crippen molar-refractivity contribution in [3.63, 3.8) is 0 Å². The van der Waals surface area contributed by atoms with Crippen LogP contribution in [0.15, 0.2) is 40.7 Å². The van der Waals surface area contributed by atoms with Crippen LogP contribution < -0.4 is 20.1 Å². The number of nitrogens with one attached hydrogen (secondary N) is 2. The molecule has 1 atom stereocenters. The Labute approximate surface area is 245 Å². The van der Waals surface area contributed by atoms with Crippen LogP contribution in [0, 0.1) is 5.41 Å². The van der Waals surface area contributed by atoms with Gasteiger partial charge in [-0.15, -0.1) is 11.3 Å². The van der Waals surface area contributed by atoms with Gasteiger partial charge in [-0.25, -0.2) is 4.79 Å². The number of dihydropyridines is 1. The van der Waals surface area contributed by atoms with Crippen molar-refractivity contribution in [1.29, 1.82) is 0 Å². The Hall–Kier alpha value is -3.59. The van der Waals surface area contributed by atoms with E-state index in [9.17, 15) is 14.4 Å². The Bertz CT molecular complexity index is 1480. The Balaban J connectivity index is 1.64. The molecule has 2 heterocycles. The molecule has 1 aromatic carbocycles. The molecule has 41 heavy (non-hydrogen) atoms. The highest BCUT2D eigenvalue weighted by Gasteiger charge is 2.44. The van der Waals surface area contributed by atoms with E-state index >= 15 is 0 Å². The van der Waals surface area contributed by atoms with Crippen molar-refractivity contribution in [2.45, 2.75) is 72.1 Å². The number of Topliss-reactive ketones (excluding diaryl/α,β-unsaturated/α-hetero) is 1. The van der Waals surface area contributed by atoms with Gasteiger partial charge in [0.2, 0.25) is 0 Å². The Morgan fingerprint density at radius 1 is 1.12 bits per heavy atom. The zero-order chi connectivity index (χ0) is 29.5.